The van der Waals surface area contributed by atoms with Crippen molar-refractivity contribution < 1.29 is 37.4 Å². The predicted molar refractivity (Wildman–Crippen MR) is 171 cm³/mol. The quantitative estimate of drug-likeness (QED) is 0.174. The van der Waals surface area contributed by atoms with E-state index in [0.29, 0.717) is 34.4 Å². The Morgan fingerprint density at radius 3 is 2.58 bits per heavy atom. The van der Waals surface area contributed by atoms with E-state index in [1.165, 1.54) is 12.1 Å². The molecule has 3 aromatic carbocycles. The van der Waals surface area contributed by atoms with Crippen LogP contribution in [0, 0.1) is 18.6 Å². The summed E-state index contributed by atoms with van der Waals surface area (Å²) in [5.41, 5.74) is 3.52. The molecule has 2 atom stereocenters. The standard InChI is InChI=1S/C35H29ClF2N4O6/c1-17-41-30-26(47-17)10-18(11-27(30)48-20-8-9-20)32(43)40-15-35(45,19-6-4-3-5-7-19)28-13-22-31(46-16-34(22,2)33(39)44)29(42-28)21-12-23(36)25(38)14-24(21)37/h3-7,10-14,20,45H,8-9,15-16H2,1-2H3,(H2,39,44)(H,40,43)/t34-,35+/m0/s1. The van der Waals surface area contributed by atoms with Crippen LogP contribution in [0.25, 0.3) is 22.4 Å². The summed E-state index contributed by atoms with van der Waals surface area (Å²) < 4.78 is 47.1. The summed E-state index contributed by atoms with van der Waals surface area (Å²) in [6.45, 7) is 2.63. The number of amides is 2. The van der Waals surface area contributed by atoms with Gasteiger partial charge in [0.2, 0.25) is 5.91 Å². The molecule has 7 rings (SSSR count). The second-order valence-electron chi connectivity index (χ2n) is 12.2. The van der Waals surface area contributed by atoms with E-state index in [-0.39, 0.29) is 51.6 Å². The molecule has 0 bridgehead atoms. The third-order valence-corrected chi connectivity index (χ3v) is 9.00. The van der Waals surface area contributed by atoms with Gasteiger partial charge in [-0.3, -0.25) is 9.59 Å². The Balaban J connectivity index is 1.34. The Morgan fingerprint density at radius 1 is 1.12 bits per heavy atom. The highest BCUT2D eigenvalue weighted by molar-refractivity contribution is 6.31. The summed E-state index contributed by atoms with van der Waals surface area (Å²) in [5, 5.41) is 14.9. The molecule has 13 heteroatoms. The summed E-state index contributed by atoms with van der Waals surface area (Å²) >= 11 is 6.04. The number of primary amides is 1. The van der Waals surface area contributed by atoms with Crippen molar-refractivity contribution in [1.82, 2.24) is 15.3 Å². The number of rotatable bonds is 9. The molecule has 2 aliphatic rings. The van der Waals surface area contributed by atoms with Crippen LogP contribution in [-0.4, -0.2) is 46.1 Å². The molecule has 1 saturated carbocycles. The topological polar surface area (TPSA) is 150 Å². The van der Waals surface area contributed by atoms with E-state index < -0.39 is 41.0 Å². The van der Waals surface area contributed by atoms with Gasteiger partial charge < -0.3 is 30.0 Å². The summed E-state index contributed by atoms with van der Waals surface area (Å²) in [4.78, 5) is 35.4. The highest BCUT2D eigenvalue weighted by Crippen LogP contribution is 2.47. The lowest BCUT2D eigenvalue weighted by Crippen LogP contribution is -2.43. The first-order chi connectivity index (χ1) is 22.9. The zero-order valence-electron chi connectivity index (χ0n) is 25.8. The van der Waals surface area contributed by atoms with Gasteiger partial charge in [0.25, 0.3) is 5.91 Å². The van der Waals surface area contributed by atoms with E-state index in [0.717, 1.165) is 18.9 Å². The number of halogens is 3. The molecule has 1 aliphatic carbocycles. The molecule has 1 fully saturated rings. The number of benzene rings is 3. The van der Waals surface area contributed by atoms with E-state index in [4.69, 9.17) is 31.2 Å². The average Bonchev–Trinajstić information content (AvgIpc) is 3.70. The molecule has 246 valence electrons. The molecule has 3 heterocycles. The molecular formula is C35H29ClF2N4O6. The van der Waals surface area contributed by atoms with Gasteiger partial charge in [0.1, 0.15) is 46.5 Å². The second kappa shape index (κ2) is 11.6. The number of pyridine rings is 1. The lowest BCUT2D eigenvalue weighted by molar-refractivity contribution is -0.123. The number of hydrogen-bond acceptors (Lipinski definition) is 8. The van der Waals surface area contributed by atoms with Gasteiger partial charge in [-0.2, -0.15) is 0 Å². The zero-order valence-corrected chi connectivity index (χ0v) is 26.5. The van der Waals surface area contributed by atoms with Crippen LogP contribution in [0.2, 0.25) is 5.02 Å². The van der Waals surface area contributed by atoms with Crippen LogP contribution in [-0.2, 0) is 15.8 Å². The number of aliphatic hydroxyl groups is 1. The summed E-state index contributed by atoms with van der Waals surface area (Å²) in [6, 6.07) is 14.6. The van der Waals surface area contributed by atoms with Gasteiger partial charge >= 0.3 is 0 Å². The number of nitrogens with zero attached hydrogens (tertiary/aromatic N) is 2. The fourth-order valence-electron chi connectivity index (χ4n) is 5.75. The molecule has 10 nitrogen and oxygen atoms in total. The number of ether oxygens (including phenoxy) is 2. The largest absolute Gasteiger partial charge is 0.489 e. The minimum Gasteiger partial charge on any atom is -0.489 e. The maximum atomic E-state index is 15.3. The third kappa shape index (κ3) is 5.40. The van der Waals surface area contributed by atoms with Crippen molar-refractivity contribution in [1.29, 1.82) is 0 Å². The first kappa shape index (κ1) is 31.5. The van der Waals surface area contributed by atoms with Crippen LogP contribution in [0.4, 0.5) is 8.78 Å². The normalized spacial score (nSPS) is 18.2. The Bertz CT molecular complexity index is 2120. The highest BCUT2D eigenvalue weighted by atomic mass is 35.5. The molecule has 0 unspecified atom stereocenters. The smallest absolute Gasteiger partial charge is 0.251 e. The number of nitrogens with one attached hydrogen (secondary N) is 1. The van der Waals surface area contributed by atoms with Crippen molar-refractivity contribution in [3.8, 4) is 22.8 Å². The average molecular weight is 675 g/mol. The number of aryl methyl sites for hydroxylation is 1. The SMILES string of the molecule is Cc1nc2c(OC3CC3)cc(C(=O)NC[C@@](O)(c3ccccc3)c3cc4c(c(-c5cc(Cl)c(F)cc5F)n3)OC[C@]4(C)C(N)=O)cc2o1. The lowest BCUT2D eigenvalue weighted by atomic mass is 9.80. The molecule has 0 spiro atoms. The minimum atomic E-state index is -2.05. The number of hydrogen-bond donors (Lipinski definition) is 3. The molecule has 48 heavy (non-hydrogen) atoms. The molecular weight excluding hydrogens is 646 g/mol. The molecule has 0 radical (unpaired) electrons. The number of fused-ring (bicyclic) bond motifs is 2. The minimum absolute atomic E-state index is 0.0277. The maximum Gasteiger partial charge on any atom is 0.251 e. The van der Waals surface area contributed by atoms with E-state index in [1.807, 2.05) is 0 Å². The molecule has 1 aliphatic heterocycles. The number of carbonyl (C=O) groups is 2. The maximum absolute atomic E-state index is 15.3. The Morgan fingerprint density at radius 2 is 1.88 bits per heavy atom. The van der Waals surface area contributed by atoms with Crippen LogP contribution in [0.5, 0.6) is 11.5 Å². The van der Waals surface area contributed by atoms with Crippen molar-refractivity contribution in [2.45, 2.75) is 43.8 Å². The van der Waals surface area contributed by atoms with Crippen LogP contribution < -0.4 is 20.5 Å². The molecule has 0 saturated heterocycles. The van der Waals surface area contributed by atoms with Gasteiger partial charge in [-0.25, -0.2) is 18.7 Å². The van der Waals surface area contributed by atoms with Crippen molar-refractivity contribution in [3.05, 3.63) is 106 Å². The molecule has 4 N–H and O–H groups in total. The number of carbonyl (C=O) groups excluding carboxylic acids is 2. The van der Waals surface area contributed by atoms with Crippen LogP contribution in [0.15, 0.2) is 65.1 Å². The van der Waals surface area contributed by atoms with Crippen molar-refractivity contribution in [2.24, 2.45) is 5.73 Å². The van der Waals surface area contributed by atoms with Crippen molar-refractivity contribution in [2.75, 3.05) is 13.2 Å². The molecule has 2 amide bonds. The first-order valence-corrected chi connectivity index (χ1v) is 15.5. The first-order valence-electron chi connectivity index (χ1n) is 15.1. The summed E-state index contributed by atoms with van der Waals surface area (Å²) in [6.07, 6.45) is 1.81. The summed E-state index contributed by atoms with van der Waals surface area (Å²) in [7, 11) is 0. The van der Waals surface area contributed by atoms with Crippen molar-refractivity contribution in [3.63, 3.8) is 0 Å². The Kier molecular flexibility index (Phi) is 7.60. The predicted octanol–water partition coefficient (Wildman–Crippen LogP) is 5.47. The van der Waals surface area contributed by atoms with E-state index in [2.05, 4.69) is 15.3 Å². The monoisotopic (exact) mass is 674 g/mol. The molecule has 5 aromatic rings. The number of aromatic nitrogens is 2. The van der Waals surface area contributed by atoms with Gasteiger partial charge in [-0.15, -0.1) is 0 Å². The van der Waals surface area contributed by atoms with Crippen molar-refractivity contribution >= 4 is 34.5 Å². The van der Waals surface area contributed by atoms with Gasteiger partial charge in [-0.1, -0.05) is 41.9 Å². The lowest BCUT2D eigenvalue weighted by Gasteiger charge is -2.30. The van der Waals surface area contributed by atoms with Gasteiger partial charge in [0, 0.05) is 29.7 Å². The second-order valence-corrected chi connectivity index (χ2v) is 12.7. The number of oxazole rings is 1. The zero-order chi connectivity index (χ0) is 34.0. The summed E-state index contributed by atoms with van der Waals surface area (Å²) in [5.74, 6) is -2.44. The fourth-order valence-corrected chi connectivity index (χ4v) is 5.91. The van der Waals surface area contributed by atoms with Crippen LogP contribution >= 0.6 is 11.6 Å². The molecule has 2 aromatic heterocycles. The fraction of sp³-hybridized carbons (Fsp3) is 0.257. The van der Waals surface area contributed by atoms with Crippen LogP contribution in [0.1, 0.15) is 52.8 Å². The van der Waals surface area contributed by atoms with Gasteiger partial charge in [-0.05, 0) is 49.6 Å². The van der Waals surface area contributed by atoms with E-state index >= 15 is 4.39 Å². The van der Waals surface area contributed by atoms with Crippen LogP contribution in [0.3, 0.4) is 0 Å². The highest BCUT2D eigenvalue weighted by Gasteiger charge is 2.46. The third-order valence-electron chi connectivity index (χ3n) is 8.71. The van der Waals surface area contributed by atoms with Gasteiger partial charge in [0.05, 0.1) is 23.4 Å². The van der Waals surface area contributed by atoms with Gasteiger partial charge in [0.15, 0.2) is 17.0 Å². The number of nitrogens with two attached hydrogens (primary N) is 1. The van der Waals surface area contributed by atoms with E-state index in [9.17, 15) is 19.1 Å². The Labute approximate surface area is 277 Å². The van der Waals surface area contributed by atoms with E-state index in [1.54, 1.807) is 50.2 Å². The Hall–Kier alpha value is -5.07.